The molecule has 23 heavy (non-hydrogen) atoms. The van der Waals surface area contributed by atoms with Gasteiger partial charge in [0.15, 0.2) is 0 Å². The Morgan fingerprint density at radius 3 is 2.39 bits per heavy atom. The van der Waals surface area contributed by atoms with E-state index in [1.165, 1.54) is 6.07 Å². The Labute approximate surface area is 140 Å². The number of anilines is 1. The molecular weight excluding hydrogens is 312 g/mol. The molecule has 0 unspecified atom stereocenters. The second kappa shape index (κ2) is 7.13. The molecule has 0 aliphatic carbocycles. The third kappa shape index (κ3) is 3.44. The summed E-state index contributed by atoms with van der Waals surface area (Å²) in [5.41, 5.74) is 7.49. The van der Waals surface area contributed by atoms with E-state index in [4.69, 9.17) is 5.73 Å². The van der Waals surface area contributed by atoms with Crippen molar-refractivity contribution < 1.29 is 9.90 Å². The van der Waals surface area contributed by atoms with Crippen LogP contribution in [0.5, 0.6) is 5.75 Å². The molecule has 0 aliphatic rings. The van der Waals surface area contributed by atoms with Gasteiger partial charge in [-0.3, -0.25) is 4.79 Å². The summed E-state index contributed by atoms with van der Waals surface area (Å²) in [7, 11) is 0. The Kier molecular flexibility index (Phi) is 5.21. The molecule has 0 spiro atoms. The Morgan fingerprint density at radius 1 is 1.00 bits per heavy atom. The summed E-state index contributed by atoms with van der Waals surface area (Å²) in [4.78, 5) is 12.5. The second-order valence-electron chi connectivity index (χ2n) is 5.04. The Bertz CT molecular complexity index is 832. The van der Waals surface area contributed by atoms with Crippen molar-refractivity contribution in [3.63, 3.8) is 0 Å². The fourth-order valence-corrected chi connectivity index (χ4v) is 2.42. The van der Waals surface area contributed by atoms with Crippen molar-refractivity contribution in [1.82, 2.24) is 0 Å². The molecule has 0 aliphatic heterocycles. The molecule has 0 radical (unpaired) electrons. The maximum absolute atomic E-state index is 12.5. The van der Waals surface area contributed by atoms with E-state index in [1.807, 2.05) is 36.4 Å². The van der Waals surface area contributed by atoms with E-state index in [9.17, 15) is 9.90 Å². The number of amides is 1. The molecule has 0 saturated heterocycles. The highest BCUT2D eigenvalue weighted by atomic mass is 35.5. The van der Waals surface area contributed by atoms with Gasteiger partial charge in [-0.15, -0.1) is 12.4 Å². The van der Waals surface area contributed by atoms with Crippen LogP contribution in [0.15, 0.2) is 60.7 Å². The lowest BCUT2D eigenvalue weighted by molar-refractivity contribution is 0.102. The summed E-state index contributed by atoms with van der Waals surface area (Å²) in [6, 6.07) is 18.1. The number of hydrogen-bond donors (Lipinski definition) is 3. The van der Waals surface area contributed by atoms with Crippen LogP contribution in [0, 0.1) is 0 Å². The molecule has 3 rings (SSSR count). The summed E-state index contributed by atoms with van der Waals surface area (Å²) in [6.45, 7) is 0.457. The summed E-state index contributed by atoms with van der Waals surface area (Å²) >= 11 is 0. The van der Waals surface area contributed by atoms with Crippen molar-refractivity contribution >= 4 is 34.8 Å². The fraction of sp³-hybridized carbons (Fsp3) is 0.0556. The molecule has 0 saturated carbocycles. The number of carbonyl (C=O) groups is 1. The quantitative estimate of drug-likeness (QED) is 0.686. The number of halogens is 1. The average Bonchev–Trinajstić information content (AvgIpc) is 2.55. The number of aromatic hydroxyl groups is 1. The number of nitrogens with two attached hydrogens (primary N) is 1. The average molecular weight is 329 g/mol. The van der Waals surface area contributed by atoms with E-state index in [1.54, 1.807) is 18.2 Å². The minimum Gasteiger partial charge on any atom is -0.507 e. The maximum Gasteiger partial charge on any atom is 0.260 e. The van der Waals surface area contributed by atoms with Crippen LogP contribution >= 0.6 is 12.4 Å². The highest BCUT2D eigenvalue weighted by Gasteiger charge is 2.15. The van der Waals surface area contributed by atoms with E-state index < -0.39 is 0 Å². The van der Waals surface area contributed by atoms with E-state index >= 15 is 0 Å². The highest BCUT2D eigenvalue weighted by Crippen LogP contribution is 2.27. The number of benzene rings is 3. The molecule has 4 nitrogen and oxygen atoms in total. The SMILES string of the molecule is Cl.NCc1ccc(NC(=O)c2c(O)ccc3ccccc23)cc1. The summed E-state index contributed by atoms with van der Waals surface area (Å²) < 4.78 is 0. The van der Waals surface area contributed by atoms with Crippen molar-refractivity contribution in [2.75, 3.05) is 5.32 Å². The minimum atomic E-state index is -0.338. The molecule has 118 valence electrons. The smallest absolute Gasteiger partial charge is 0.260 e. The van der Waals surface area contributed by atoms with Gasteiger partial charge in [0.05, 0.1) is 5.56 Å². The predicted molar refractivity (Wildman–Crippen MR) is 95.1 cm³/mol. The van der Waals surface area contributed by atoms with Crippen molar-refractivity contribution in [2.24, 2.45) is 5.73 Å². The number of phenolic OH excluding ortho intramolecular Hbond substituents is 1. The normalized spacial score (nSPS) is 10.1. The Morgan fingerprint density at radius 2 is 1.70 bits per heavy atom. The van der Waals surface area contributed by atoms with Crippen molar-refractivity contribution in [1.29, 1.82) is 0 Å². The molecule has 3 aromatic carbocycles. The third-order valence-electron chi connectivity index (χ3n) is 3.58. The lowest BCUT2D eigenvalue weighted by Crippen LogP contribution is -2.12. The molecule has 5 heteroatoms. The van der Waals surface area contributed by atoms with Gasteiger partial charge in [-0.05, 0) is 34.5 Å². The van der Waals surface area contributed by atoms with E-state index in [2.05, 4.69) is 5.32 Å². The van der Waals surface area contributed by atoms with Crippen LogP contribution in [0.2, 0.25) is 0 Å². The maximum atomic E-state index is 12.5. The fourth-order valence-electron chi connectivity index (χ4n) is 2.42. The zero-order valence-corrected chi connectivity index (χ0v) is 13.1. The number of hydrogen-bond acceptors (Lipinski definition) is 3. The van der Waals surface area contributed by atoms with Gasteiger partial charge in [-0.2, -0.15) is 0 Å². The first-order chi connectivity index (χ1) is 10.7. The Balaban J connectivity index is 0.00000192. The van der Waals surface area contributed by atoms with Gasteiger partial charge >= 0.3 is 0 Å². The van der Waals surface area contributed by atoms with Crippen LogP contribution < -0.4 is 11.1 Å². The van der Waals surface area contributed by atoms with Crippen LogP contribution in [-0.4, -0.2) is 11.0 Å². The number of fused-ring (bicyclic) bond motifs is 1. The zero-order valence-electron chi connectivity index (χ0n) is 12.3. The third-order valence-corrected chi connectivity index (χ3v) is 3.58. The number of carbonyl (C=O) groups excluding carboxylic acids is 1. The van der Waals surface area contributed by atoms with Crippen LogP contribution in [0.25, 0.3) is 10.8 Å². The second-order valence-corrected chi connectivity index (χ2v) is 5.04. The monoisotopic (exact) mass is 328 g/mol. The van der Waals surface area contributed by atoms with Gasteiger partial charge in [0.25, 0.3) is 5.91 Å². The van der Waals surface area contributed by atoms with Gasteiger partial charge in [-0.25, -0.2) is 0 Å². The first kappa shape index (κ1) is 16.8. The van der Waals surface area contributed by atoms with Gasteiger partial charge < -0.3 is 16.2 Å². The van der Waals surface area contributed by atoms with Crippen molar-refractivity contribution in [3.05, 3.63) is 71.8 Å². The lowest BCUT2D eigenvalue weighted by atomic mass is 10.0. The number of rotatable bonds is 3. The van der Waals surface area contributed by atoms with Gasteiger partial charge in [0.1, 0.15) is 5.75 Å². The molecule has 0 atom stereocenters. The largest absolute Gasteiger partial charge is 0.507 e. The first-order valence-corrected chi connectivity index (χ1v) is 7.00. The highest BCUT2D eigenvalue weighted by molar-refractivity contribution is 6.14. The molecule has 0 fully saturated rings. The van der Waals surface area contributed by atoms with Crippen LogP contribution in [0.3, 0.4) is 0 Å². The first-order valence-electron chi connectivity index (χ1n) is 7.00. The van der Waals surface area contributed by atoms with Crippen molar-refractivity contribution in [3.8, 4) is 5.75 Å². The molecule has 0 heterocycles. The minimum absolute atomic E-state index is 0. The standard InChI is InChI=1S/C18H16N2O2.ClH/c19-11-12-5-8-14(9-6-12)20-18(22)17-15-4-2-1-3-13(15)7-10-16(17)21;/h1-10,21H,11,19H2,(H,20,22);1H. The molecule has 1 amide bonds. The van der Waals surface area contributed by atoms with Gasteiger partial charge in [0, 0.05) is 12.2 Å². The van der Waals surface area contributed by atoms with Crippen LogP contribution in [0.1, 0.15) is 15.9 Å². The summed E-state index contributed by atoms with van der Waals surface area (Å²) in [6.07, 6.45) is 0. The molecule has 0 bridgehead atoms. The molecule has 4 N–H and O–H groups in total. The number of nitrogens with one attached hydrogen (secondary N) is 1. The summed E-state index contributed by atoms with van der Waals surface area (Å²) in [5.74, 6) is -0.371. The van der Waals surface area contributed by atoms with Crippen molar-refractivity contribution in [2.45, 2.75) is 6.54 Å². The van der Waals surface area contributed by atoms with Crippen LogP contribution in [0.4, 0.5) is 5.69 Å². The molecule has 3 aromatic rings. The lowest BCUT2D eigenvalue weighted by Gasteiger charge is -2.10. The van der Waals surface area contributed by atoms with E-state index in [0.29, 0.717) is 12.2 Å². The number of phenols is 1. The Hall–Kier alpha value is -2.56. The topological polar surface area (TPSA) is 75.3 Å². The van der Waals surface area contributed by atoms with E-state index in [-0.39, 0.29) is 29.6 Å². The predicted octanol–water partition coefficient (Wildman–Crippen LogP) is 3.68. The van der Waals surface area contributed by atoms with Crippen LogP contribution in [-0.2, 0) is 6.54 Å². The van der Waals surface area contributed by atoms with Gasteiger partial charge in [0.2, 0.25) is 0 Å². The van der Waals surface area contributed by atoms with E-state index in [0.717, 1.165) is 16.3 Å². The summed E-state index contributed by atoms with van der Waals surface area (Å²) in [5, 5.41) is 14.5. The van der Waals surface area contributed by atoms with Gasteiger partial charge in [-0.1, -0.05) is 42.5 Å². The molecule has 0 aromatic heterocycles. The molecular formula is C18H17ClN2O2. The zero-order chi connectivity index (χ0) is 15.5.